The average Bonchev–Trinajstić information content (AvgIpc) is 2.80. The van der Waals surface area contributed by atoms with Crippen LogP contribution in [0.25, 0.3) is 0 Å². The Morgan fingerprint density at radius 3 is 2.53 bits per heavy atom. The molecule has 1 heterocycles. The number of hydrogen-bond donors (Lipinski definition) is 1. The number of hydrogen-bond acceptors (Lipinski definition) is 2. The van der Waals surface area contributed by atoms with E-state index in [1.54, 1.807) is 7.11 Å². The summed E-state index contributed by atoms with van der Waals surface area (Å²) in [5.41, 5.74) is 2.69. The maximum atomic E-state index is 13.2. The summed E-state index contributed by atoms with van der Waals surface area (Å²) >= 11 is 0. The van der Waals surface area contributed by atoms with Gasteiger partial charge in [0.25, 0.3) is 0 Å². The van der Waals surface area contributed by atoms with Crippen molar-refractivity contribution in [1.29, 1.82) is 0 Å². The van der Waals surface area contributed by atoms with Crippen LogP contribution in [0.15, 0.2) is 36.4 Å². The number of nitrogens with one attached hydrogen (secondary N) is 1. The van der Waals surface area contributed by atoms with Gasteiger partial charge in [-0.3, -0.25) is 0 Å². The van der Waals surface area contributed by atoms with Crippen molar-refractivity contribution in [3.8, 4) is 5.75 Å². The number of fused-ring (bicyclic) bond motifs is 1. The molecular formula is C15H13F2NO. The normalized spacial score (nSPS) is 16.9. The third kappa shape index (κ3) is 2.26. The Bertz CT molecular complexity index is 607. The van der Waals surface area contributed by atoms with Gasteiger partial charge in [-0.1, -0.05) is 6.07 Å². The first-order valence-electron chi connectivity index (χ1n) is 6.05. The molecule has 0 spiro atoms. The van der Waals surface area contributed by atoms with Crippen LogP contribution in [0.1, 0.15) is 17.2 Å². The van der Waals surface area contributed by atoms with Gasteiger partial charge >= 0.3 is 0 Å². The standard InChI is InChI=1S/C15H13F2NO/c1-19-13-3-2-9-6-14(18-15(9)8-13)10-4-11(16)7-12(17)5-10/h2-5,7-8,14,18H,6H2,1H3. The third-order valence-electron chi connectivity index (χ3n) is 3.36. The molecule has 0 saturated heterocycles. The smallest absolute Gasteiger partial charge is 0.126 e. The summed E-state index contributed by atoms with van der Waals surface area (Å²) in [7, 11) is 1.61. The molecular weight excluding hydrogens is 248 g/mol. The predicted molar refractivity (Wildman–Crippen MR) is 69.4 cm³/mol. The topological polar surface area (TPSA) is 21.3 Å². The van der Waals surface area contributed by atoms with Crippen LogP contribution in [0.3, 0.4) is 0 Å². The van der Waals surface area contributed by atoms with Gasteiger partial charge < -0.3 is 10.1 Å². The fourth-order valence-electron chi connectivity index (χ4n) is 2.43. The monoisotopic (exact) mass is 261 g/mol. The van der Waals surface area contributed by atoms with Crippen LogP contribution in [0.5, 0.6) is 5.75 Å². The molecule has 3 rings (SSSR count). The number of anilines is 1. The Morgan fingerprint density at radius 1 is 1.11 bits per heavy atom. The first-order chi connectivity index (χ1) is 9.15. The summed E-state index contributed by atoms with van der Waals surface area (Å²) in [6.07, 6.45) is 0.711. The van der Waals surface area contributed by atoms with Gasteiger partial charge in [-0.25, -0.2) is 8.78 Å². The highest BCUT2D eigenvalue weighted by Gasteiger charge is 2.23. The Balaban J connectivity index is 1.90. The van der Waals surface area contributed by atoms with E-state index in [9.17, 15) is 8.78 Å². The zero-order valence-electron chi connectivity index (χ0n) is 10.4. The van der Waals surface area contributed by atoms with Crippen molar-refractivity contribution >= 4 is 5.69 Å². The molecule has 2 aromatic carbocycles. The lowest BCUT2D eigenvalue weighted by Gasteiger charge is -2.12. The molecule has 0 aromatic heterocycles. The molecule has 0 amide bonds. The third-order valence-corrected chi connectivity index (χ3v) is 3.36. The van der Waals surface area contributed by atoms with Crippen LogP contribution in [0.2, 0.25) is 0 Å². The molecule has 1 aliphatic heterocycles. The van der Waals surface area contributed by atoms with E-state index in [2.05, 4.69) is 5.32 Å². The lowest BCUT2D eigenvalue weighted by Crippen LogP contribution is -2.06. The Kier molecular flexibility index (Phi) is 2.85. The van der Waals surface area contributed by atoms with Gasteiger partial charge in [0.05, 0.1) is 13.2 Å². The molecule has 2 nitrogen and oxygen atoms in total. The quantitative estimate of drug-likeness (QED) is 0.890. The molecule has 4 heteroatoms. The molecule has 0 aliphatic carbocycles. The predicted octanol–water partition coefficient (Wildman–Crippen LogP) is 3.68. The summed E-state index contributed by atoms with van der Waals surface area (Å²) in [6.45, 7) is 0. The van der Waals surface area contributed by atoms with Gasteiger partial charge in [0.2, 0.25) is 0 Å². The molecule has 1 atom stereocenters. The minimum atomic E-state index is -0.551. The second-order valence-electron chi connectivity index (χ2n) is 4.63. The maximum Gasteiger partial charge on any atom is 0.126 e. The van der Waals surface area contributed by atoms with E-state index in [1.165, 1.54) is 12.1 Å². The molecule has 98 valence electrons. The van der Waals surface area contributed by atoms with E-state index in [0.29, 0.717) is 12.0 Å². The van der Waals surface area contributed by atoms with Gasteiger partial charge in [-0.2, -0.15) is 0 Å². The van der Waals surface area contributed by atoms with Gasteiger partial charge in [0.15, 0.2) is 0 Å². The first-order valence-corrected chi connectivity index (χ1v) is 6.05. The molecule has 1 unspecified atom stereocenters. The summed E-state index contributed by atoms with van der Waals surface area (Å²) in [5.74, 6) is -0.340. The molecule has 1 aliphatic rings. The Morgan fingerprint density at radius 2 is 1.84 bits per heavy atom. The fraction of sp³-hybridized carbons (Fsp3) is 0.200. The van der Waals surface area contributed by atoms with E-state index in [-0.39, 0.29) is 6.04 Å². The van der Waals surface area contributed by atoms with Crippen LogP contribution < -0.4 is 10.1 Å². The largest absolute Gasteiger partial charge is 0.497 e. The Hall–Kier alpha value is -2.10. The summed E-state index contributed by atoms with van der Waals surface area (Å²) in [6, 6.07) is 9.26. The SMILES string of the molecule is COc1ccc2c(c1)NC(c1cc(F)cc(F)c1)C2. The number of benzene rings is 2. The highest BCUT2D eigenvalue weighted by Crippen LogP contribution is 2.36. The number of ether oxygens (including phenoxy) is 1. The fourth-order valence-corrected chi connectivity index (χ4v) is 2.43. The zero-order chi connectivity index (χ0) is 13.4. The van der Waals surface area contributed by atoms with Crippen molar-refractivity contribution < 1.29 is 13.5 Å². The minimum Gasteiger partial charge on any atom is -0.497 e. The highest BCUT2D eigenvalue weighted by atomic mass is 19.1. The lowest BCUT2D eigenvalue weighted by molar-refractivity contribution is 0.415. The number of rotatable bonds is 2. The van der Waals surface area contributed by atoms with Crippen molar-refractivity contribution in [1.82, 2.24) is 0 Å². The molecule has 19 heavy (non-hydrogen) atoms. The molecule has 2 aromatic rings. The van der Waals surface area contributed by atoms with Crippen LogP contribution in [-0.2, 0) is 6.42 Å². The maximum absolute atomic E-state index is 13.2. The van der Waals surface area contributed by atoms with Crippen molar-refractivity contribution in [3.05, 3.63) is 59.2 Å². The van der Waals surface area contributed by atoms with Crippen molar-refractivity contribution in [3.63, 3.8) is 0 Å². The highest BCUT2D eigenvalue weighted by molar-refractivity contribution is 5.61. The van der Waals surface area contributed by atoms with E-state index in [0.717, 1.165) is 23.1 Å². The lowest BCUT2D eigenvalue weighted by atomic mass is 10.0. The molecule has 0 radical (unpaired) electrons. The number of methoxy groups -OCH3 is 1. The van der Waals surface area contributed by atoms with Crippen LogP contribution in [-0.4, -0.2) is 7.11 Å². The average molecular weight is 261 g/mol. The summed E-state index contributed by atoms with van der Waals surface area (Å²) in [4.78, 5) is 0. The first kappa shape index (κ1) is 12.0. The summed E-state index contributed by atoms with van der Waals surface area (Å²) < 4.78 is 31.6. The zero-order valence-corrected chi connectivity index (χ0v) is 10.4. The molecule has 0 fully saturated rings. The van der Waals surface area contributed by atoms with Crippen LogP contribution in [0, 0.1) is 11.6 Å². The van der Waals surface area contributed by atoms with Crippen molar-refractivity contribution in [2.45, 2.75) is 12.5 Å². The van der Waals surface area contributed by atoms with Gasteiger partial charge in [0.1, 0.15) is 17.4 Å². The van der Waals surface area contributed by atoms with Gasteiger partial charge in [-0.05, 0) is 35.7 Å². The second kappa shape index (κ2) is 4.53. The second-order valence-corrected chi connectivity index (χ2v) is 4.63. The van der Waals surface area contributed by atoms with Crippen molar-refractivity contribution in [2.24, 2.45) is 0 Å². The molecule has 1 N–H and O–H groups in total. The van der Waals surface area contributed by atoms with Gasteiger partial charge in [0, 0.05) is 17.8 Å². The molecule has 0 saturated carbocycles. The number of halogens is 2. The molecule has 0 bridgehead atoms. The van der Waals surface area contributed by atoms with E-state index in [4.69, 9.17) is 4.74 Å². The van der Waals surface area contributed by atoms with E-state index >= 15 is 0 Å². The van der Waals surface area contributed by atoms with E-state index < -0.39 is 11.6 Å². The van der Waals surface area contributed by atoms with Crippen LogP contribution in [0.4, 0.5) is 14.5 Å². The van der Waals surface area contributed by atoms with E-state index in [1.807, 2.05) is 18.2 Å². The Labute approximate surface area is 110 Å². The van der Waals surface area contributed by atoms with Gasteiger partial charge in [-0.15, -0.1) is 0 Å². The van der Waals surface area contributed by atoms with Crippen molar-refractivity contribution in [2.75, 3.05) is 12.4 Å². The summed E-state index contributed by atoms with van der Waals surface area (Å²) in [5, 5.41) is 3.27. The minimum absolute atomic E-state index is 0.104. The van der Waals surface area contributed by atoms with Crippen LogP contribution >= 0.6 is 0 Å².